The van der Waals surface area contributed by atoms with Crippen molar-refractivity contribution in [3.63, 3.8) is 0 Å². The quantitative estimate of drug-likeness (QED) is 0.905. The van der Waals surface area contributed by atoms with Crippen molar-refractivity contribution in [1.29, 1.82) is 0 Å². The molecule has 0 saturated carbocycles. The summed E-state index contributed by atoms with van der Waals surface area (Å²) in [5, 5.41) is 13.7. The molecule has 1 N–H and O–H groups in total. The zero-order valence-electron chi connectivity index (χ0n) is 12.9. The molecule has 3 rings (SSSR count). The van der Waals surface area contributed by atoms with Crippen LogP contribution in [-0.4, -0.2) is 29.1 Å². The first-order valence-electron chi connectivity index (χ1n) is 7.62. The third-order valence-corrected chi connectivity index (χ3v) is 6.51. The highest BCUT2D eigenvalue weighted by Gasteiger charge is 2.32. The van der Waals surface area contributed by atoms with Crippen LogP contribution in [0.2, 0.25) is 0 Å². The number of carboxylic acids is 1. The van der Waals surface area contributed by atoms with E-state index in [0.717, 1.165) is 19.4 Å². The minimum atomic E-state index is -0.659. The van der Waals surface area contributed by atoms with Gasteiger partial charge in [-0.05, 0) is 67.3 Å². The molecule has 1 aliphatic rings. The summed E-state index contributed by atoms with van der Waals surface area (Å²) in [7, 11) is 0. The van der Waals surface area contributed by atoms with Crippen LogP contribution in [0.1, 0.15) is 39.8 Å². The molecule has 2 aromatic rings. The van der Waals surface area contributed by atoms with Crippen molar-refractivity contribution >= 4 is 28.6 Å². The van der Waals surface area contributed by atoms with E-state index >= 15 is 0 Å². The van der Waals surface area contributed by atoms with Crippen molar-refractivity contribution in [1.82, 2.24) is 4.90 Å². The first-order chi connectivity index (χ1) is 10.6. The molecule has 0 aromatic carbocycles. The summed E-state index contributed by atoms with van der Waals surface area (Å²) in [6.07, 6.45) is 1.76. The molecule has 0 bridgehead atoms. The van der Waals surface area contributed by atoms with Crippen molar-refractivity contribution in [2.24, 2.45) is 5.92 Å². The van der Waals surface area contributed by atoms with Gasteiger partial charge in [0.1, 0.15) is 0 Å². The number of thiophene rings is 2. The minimum Gasteiger partial charge on any atom is -0.481 e. The maximum atomic E-state index is 11.4. The van der Waals surface area contributed by atoms with Gasteiger partial charge in [-0.1, -0.05) is 0 Å². The number of piperidine rings is 1. The van der Waals surface area contributed by atoms with E-state index in [0.29, 0.717) is 6.54 Å². The van der Waals surface area contributed by atoms with Crippen LogP contribution in [0.3, 0.4) is 0 Å². The Kier molecular flexibility index (Phi) is 4.66. The summed E-state index contributed by atoms with van der Waals surface area (Å²) in [6, 6.07) is 4.62. The second kappa shape index (κ2) is 6.52. The zero-order valence-corrected chi connectivity index (χ0v) is 14.5. The van der Waals surface area contributed by atoms with Crippen LogP contribution in [-0.2, 0) is 4.79 Å². The molecule has 2 atom stereocenters. The molecule has 2 unspecified atom stereocenters. The van der Waals surface area contributed by atoms with Crippen LogP contribution < -0.4 is 0 Å². The van der Waals surface area contributed by atoms with Gasteiger partial charge in [-0.3, -0.25) is 9.69 Å². The Bertz CT molecular complexity index is 661. The monoisotopic (exact) mass is 335 g/mol. The minimum absolute atomic E-state index is 0.209. The van der Waals surface area contributed by atoms with Crippen molar-refractivity contribution < 1.29 is 9.90 Å². The number of carboxylic acid groups (broad SMARTS) is 1. The average Bonchev–Trinajstić information content (AvgIpc) is 3.10. The third kappa shape index (κ3) is 3.12. The lowest BCUT2D eigenvalue weighted by Crippen LogP contribution is -2.41. The fraction of sp³-hybridized carbons (Fsp3) is 0.471. The van der Waals surface area contributed by atoms with Gasteiger partial charge in [0, 0.05) is 16.3 Å². The Labute approximate surface area is 139 Å². The summed E-state index contributed by atoms with van der Waals surface area (Å²) in [5.41, 5.74) is 2.59. The Hall–Kier alpha value is -1.17. The second-order valence-electron chi connectivity index (χ2n) is 6.07. The first kappa shape index (κ1) is 15.7. The lowest BCUT2D eigenvalue weighted by atomic mass is 9.95. The van der Waals surface area contributed by atoms with Crippen molar-refractivity contribution in [3.05, 3.63) is 43.8 Å². The Morgan fingerprint density at radius 1 is 1.41 bits per heavy atom. The van der Waals surface area contributed by atoms with Crippen LogP contribution in [0, 0.1) is 19.8 Å². The zero-order chi connectivity index (χ0) is 15.7. The second-order valence-corrected chi connectivity index (χ2v) is 7.96. The predicted molar refractivity (Wildman–Crippen MR) is 91.9 cm³/mol. The predicted octanol–water partition coefficient (Wildman–Crippen LogP) is 4.31. The average molecular weight is 335 g/mol. The van der Waals surface area contributed by atoms with E-state index in [1.807, 2.05) is 0 Å². The van der Waals surface area contributed by atoms with Gasteiger partial charge >= 0.3 is 5.97 Å². The van der Waals surface area contributed by atoms with E-state index in [1.54, 1.807) is 22.7 Å². The Morgan fingerprint density at radius 3 is 2.82 bits per heavy atom. The van der Waals surface area contributed by atoms with Gasteiger partial charge in [0.15, 0.2) is 0 Å². The number of carbonyl (C=O) groups is 1. The van der Waals surface area contributed by atoms with Gasteiger partial charge in [0.2, 0.25) is 0 Å². The Balaban J connectivity index is 1.95. The molecule has 118 valence electrons. The summed E-state index contributed by atoms with van der Waals surface area (Å²) >= 11 is 3.57. The number of aryl methyl sites for hydroxylation is 2. The van der Waals surface area contributed by atoms with E-state index in [2.05, 4.69) is 41.6 Å². The van der Waals surface area contributed by atoms with Crippen LogP contribution in [0.25, 0.3) is 0 Å². The molecule has 5 heteroatoms. The van der Waals surface area contributed by atoms with Gasteiger partial charge in [-0.15, -0.1) is 22.7 Å². The summed E-state index contributed by atoms with van der Waals surface area (Å²) < 4.78 is 0. The van der Waals surface area contributed by atoms with Crippen LogP contribution >= 0.6 is 22.7 Å². The van der Waals surface area contributed by atoms with E-state index in [-0.39, 0.29) is 12.0 Å². The lowest BCUT2D eigenvalue weighted by Gasteiger charge is -2.36. The molecule has 0 radical (unpaired) electrons. The van der Waals surface area contributed by atoms with Gasteiger partial charge in [0.05, 0.1) is 12.0 Å². The summed E-state index contributed by atoms with van der Waals surface area (Å²) in [5.74, 6) is -0.897. The highest BCUT2D eigenvalue weighted by molar-refractivity contribution is 7.11. The highest BCUT2D eigenvalue weighted by Crippen LogP contribution is 2.39. The van der Waals surface area contributed by atoms with E-state index in [9.17, 15) is 9.90 Å². The molecule has 2 aromatic heterocycles. The molecule has 0 aliphatic carbocycles. The number of likely N-dealkylation sites (tertiary alicyclic amines) is 1. The number of hydrogen-bond acceptors (Lipinski definition) is 4. The number of rotatable bonds is 4. The van der Waals surface area contributed by atoms with E-state index in [4.69, 9.17) is 0 Å². The van der Waals surface area contributed by atoms with Crippen LogP contribution in [0.15, 0.2) is 22.9 Å². The topological polar surface area (TPSA) is 40.5 Å². The lowest BCUT2D eigenvalue weighted by molar-refractivity contribution is -0.143. The molecule has 0 amide bonds. The Morgan fingerprint density at radius 2 is 2.23 bits per heavy atom. The standard InChI is InChI=1S/C17H21NO2S2/c1-11-8-14(22-10-11)15(16-12(2)5-7-21-16)18-6-3-4-13(9-18)17(19)20/h5,7-8,10,13,15H,3-4,6,9H2,1-2H3,(H,19,20). The molecule has 3 nitrogen and oxygen atoms in total. The number of nitrogens with zero attached hydrogens (tertiary/aromatic N) is 1. The third-order valence-electron chi connectivity index (χ3n) is 4.34. The molecular weight excluding hydrogens is 314 g/mol. The fourth-order valence-corrected chi connectivity index (χ4v) is 5.37. The maximum Gasteiger partial charge on any atom is 0.307 e. The van der Waals surface area contributed by atoms with Crippen molar-refractivity contribution in [2.75, 3.05) is 13.1 Å². The SMILES string of the molecule is Cc1csc(C(c2sccc2C)N2CCCC(C(=O)O)C2)c1. The van der Waals surface area contributed by atoms with Crippen molar-refractivity contribution in [2.45, 2.75) is 32.7 Å². The molecule has 22 heavy (non-hydrogen) atoms. The maximum absolute atomic E-state index is 11.4. The smallest absolute Gasteiger partial charge is 0.307 e. The van der Waals surface area contributed by atoms with Gasteiger partial charge in [-0.2, -0.15) is 0 Å². The fourth-order valence-electron chi connectivity index (χ4n) is 3.18. The summed E-state index contributed by atoms with van der Waals surface area (Å²) in [4.78, 5) is 16.4. The van der Waals surface area contributed by atoms with Crippen LogP contribution in [0.5, 0.6) is 0 Å². The highest BCUT2D eigenvalue weighted by atomic mass is 32.1. The van der Waals surface area contributed by atoms with Gasteiger partial charge in [0.25, 0.3) is 0 Å². The van der Waals surface area contributed by atoms with Crippen LogP contribution in [0.4, 0.5) is 0 Å². The van der Waals surface area contributed by atoms with Gasteiger partial charge in [-0.25, -0.2) is 0 Å². The molecule has 3 heterocycles. The molecule has 1 fully saturated rings. The number of hydrogen-bond donors (Lipinski definition) is 1. The first-order valence-corrected chi connectivity index (χ1v) is 9.38. The molecule has 0 spiro atoms. The van der Waals surface area contributed by atoms with E-state index < -0.39 is 5.97 Å². The molecule has 1 saturated heterocycles. The van der Waals surface area contributed by atoms with E-state index in [1.165, 1.54) is 20.9 Å². The van der Waals surface area contributed by atoms with Gasteiger partial charge < -0.3 is 5.11 Å². The molecular formula is C17H21NO2S2. The van der Waals surface area contributed by atoms with Crippen molar-refractivity contribution in [3.8, 4) is 0 Å². The summed E-state index contributed by atoms with van der Waals surface area (Å²) in [6.45, 7) is 5.89. The number of aliphatic carboxylic acids is 1. The normalized spacial score (nSPS) is 20.9. The largest absolute Gasteiger partial charge is 0.481 e. The molecule has 1 aliphatic heterocycles.